The fourth-order valence-corrected chi connectivity index (χ4v) is 4.04. The van der Waals surface area contributed by atoms with Crippen LogP contribution in [0.25, 0.3) is 0 Å². The molecule has 0 atom stereocenters. The van der Waals surface area contributed by atoms with Crippen LogP contribution in [0.15, 0.2) is 57.3 Å². The Bertz CT molecular complexity index is 1050. The van der Waals surface area contributed by atoms with Gasteiger partial charge in [-0.3, -0.25) is 9.59 Å². The molecule has 2 aromatic heterocycles. The second kappa shape index (κ2) is 8.76. The predicted molar refractivity (Wildman–Crippen MR) is 101 cm³/mol. The van der Waals surface area contributed by atoms with Gasteiger partial charge in [0.05, 0.1) is 9.77 Å². The third-order valence-corrected chi connectivity index (χ3v) is 6.02. The van der Waals surface area contributed by atoms with E-state index < -0.39 is 21.5 Å². The lowest BCUT2D eigenvalue weighted by Gasteiger charge is -2.04. The van der Waals surface area contributed by atoms with Gasteiger partial charge >= 0.3 is 11.8 Å². The maximum absolute atomic E-state index is 12.3. The van der Waals surface area contributed by atoms with Gasteiger partial charge in [-0.2, -0.15) is 4.98 Å². The van der Waals surface area contributed by atoms with E-state index in [1.165, 1.54) is 23.5 Å². The number of hydrogen-bond donors (Lipinski definition) is 2. The standard InChI is InChI=1S/C17H16N4O5S2/c22-15(13-7-4-10-27-13)18-8-9-19-16(23)17-20-14(21-26-17)11-28(24,25)12-5-2-1-3-6-12/h1-7,10H,8-9,11H2,(H,18,22)(H,19,23). The molecule has 11 heteroatoms. The Labute approximate surface area is 164 Å². The number of nitrogens with one attached hydrogen (secondary N) is 2. The molecule has 0 aliphatic carbocycles. The molecular formula is C17H16N4O5S2. The van der Waals surface area contributed by atoms with Crippen LogP contribution in [0.4, 0.5) is 0 Å². The van der Waals surface area contributed by atoms with Crippen LogP contribution in [0.3, 0.4) is 0 Å². The van der Waals surface area contributed by atoms with Gasteiger partial charge in [0, 0.05) is 13.1 Å². The van der Waals surface area contributed by atoms with E-state index in [-0.39, 0.29) is 35.6 Å². The molecule has 146 valence electrons. The number of carbonyl (C=O) groups excluding carboxylic acids is 2. The summed E-state index contributed by atoms with van der Waals surface area (Å²) in [5, 5.41) is 10.5. The Kier molecular flexibility index (Phi) is 6.16. The summed E-state index contributed by atoms with van der Waals surface area (Å²) in [7, 11) is -3.64. The second-order valence-electron chi connectivity index (χ2n) is 5.58. The summed E-state index contributed by atoms with van der Waals surface area (Å²) in [6.45, 7) is 0.363. The Morgan fingerprint density at radius 1 is 1.00 bits per heavy atom. The topological polar surface area (TPSA) is 131 Å². The molecule has 2 heterocycles. The molecule has 0 saturated carbocycles. The Morgan fingerprint density at radius 2 is 1.71 bits per heavy atom. The maximum atomic E-state index is 12.3. The first-order valence-electron chi connectivity index (χ1n) is 8.16. The lowest BCUT2D eigenvalue weighted by atomic mass is 10.4. The van der Waals surface area contributed by atoms with Crippen molar-refractivity contribution in [2.75, 3.05) is 13.1 Å². The van der Waals surface area contributed by atoms with Gasteiger partial charge in [0.15, 0.2) is 15.7 Å². The summed E-state index contributed by atoms with van der Waals surface area (Å²) in [6, 6.07) is 11.3. The van der Waals surface area contributed by atoms with Gasteiger partial charge in [-0.1, -0.05) is 29.4 Å². The van der Waals surface area contributed by atoms with Crippen molar-refractivity contribution in [1.82, 2.24) is 20.8 Å². The summed E-state index contributed by atoms with van der Waals surface area (Å²) < 4.78 is 29.4. The highest BCUT2D eigenvalue weighted by Crippen LogP contribution is 2.14. The molecule has 0 spiro atoms. The molecule has 3 aromatic rings. The van der Waals surface area contributed by atoms with Crippen molar-refractivity contribution >= 4 is 33.0 Å². The zero-order valence-corrected chi connectivity index (χ0v) is 16.1. The first kappa shape index (κ1) is 19.7. The van der Waals surface area contributed by atoms with Gasteiger partial charge < -0.3 is 15.2 Å². The van der Waals surface area contributed by atoms with Crippen molar-refractivity contribution in [3.63, 3.8) is 0 Å². The van der Waals surface area contributed by atoms with Crippen LogP contribution in [0.5, 0.6) is 0 Å². The van der Waals surface area contributed by atoms with Crippen LogP contribution < -0.4 is 10.6 Å². The zero-order chi connectivity index (χ0) is 20.0. The van der Waals surface area contributed by atoms with E-state index in [1.807, 2.05) is 0 Å². The Balaban J connectivity index is 1.49. The van der Waals surface area contributed by atoms with E-state index in [4.69, 9.17) is 4.52 Å². The summed E-state index contributed by atoms with van der Waals surface area (Å²) in [6.07, 6.45) is 0. The molecule has 0 fully saturated rings. The molecular weight excluding hydrogens is 404 g/mol. The highest BCUT2D eigenvalue weighted by molar-refractivity contribution is 7.90. The van der Waals surface area contributed by atoms with Crippen LogP contribution in [0.1, 0.15) is 26.2 Å². The Hall–Kier alpha value is -3.05. The summed E-state index contributed by atoms with van der Waals surface area (Å²) in [4.78, 5) is 28.3. The van der Waals surface area contributed by atoms with Crippen LogP contribution in [-0.2, 0) is 15.6 Å². The average Bonchev–Trinajstić information content (AvgIpc) is 3.37. The molecule has 0 aliphatic heterocycles. The third-order valence-electron chi connectivity index (χ3n) is 3.52. The monoisotopic (exact) mass is 420 g/mol. The van der Waals surface area contributed by atoms with Gasteiger partial charge in [-0.25, -0.2) is 8.42 Å². The minimum absolute atomic E-state index is 0.111. The van der Waals surface area contributed by atoms with Crippen LogP contribution >= 0.6 is 11.3 Å². The molecule has 9 nitrogen and oxygen atoms in total. The number of hydrogen-bond acceptors (Lipinski definition) is 8. The van der Waals surface area contributed by atoms with Gasteiger partial charge in [0.2, 0.25) is 0 Å². The van der Waals surface area contributed by atoms with E-state index in [0.717, 1.165) is 0 Å². The number of amides is 2. The summed E-state index contributed by atoms with van der Waals surface area (Å²) >= 11 is 1.32. The first-order chi connectivity index (χ1) is 13.5. The summed E-state index contributed by atoms with van der Waals surface area (Å²) in [5.41, 5.74) is 0. The van der Waals surface area contributed by atoms with E-state index in [2.05, 4.69) is 20.8 Å². The number of nitrogens with zero attached hydrogens (tertiary/aromatic N) is 2. The molecule has 3 rings (SSSR count). The number of benzene rings is 1. The number of sulfone groups is 1. The number of thiophene rings is 1. The Morgan fingerprint density at radius 3 is 2.39 bits per heavy atom. The van der Waals surface area contributed by atoms with Crippen LogP contribution in [-0.4, -0.2) is 43.5 Å². The molecule has 0 radical (unpaired) electrons. The molecule has 2 amide bonds. The quantitative estimate of drug-likeness (QED) is 0.525. The fourth-order valence-electron chi connectivity index (χ4n) is 2.21. The van der Waals surface area contributed by atoms with Crippen LogP contribution in [0.2, 0.25) is 0 Å². The molecule has 0 saturated heterocycles. The van der Waals surface area contributed by atoms with Crippen molar-refractivity contribution in [1.29, 1.82) is 0 Å². The van der Waals surface area contributed by atoms with Crippen molar-refractivity contribution in [2.24, 2.45) is 0 Å². The minimum atomic E-state index is -3.64. The van der Waals surface area contributed by atoms with Crippen LogP contribution in [0, 0.1) is 0 Å². The molecule has 0 unspecified atom stereocenters. The molecule has 0 aliphatic rings. The second-order valence-corrected chi connectivity index (χ2v) is 8.51. The number of carbonyl (C=O) groups is 2. The first-order valence-corrected chi connectivity index (χ1v) is 10.7. The van der Waals surface area contributed by atoms with E-state index >= 15 is 0 Å². The van der Waals surface area contributed by atoms with Gasteiger partial charge in [-0.15, -0.1) is 11.3 Å². The van der Waals surface area contributed by atoms with Gasteiger partial charge in [0.1, 0.15) is 5.75 Å². The van der Waals surface area contributed by atoms with Gasteiger partial charge in [0.25, 0.3) is 5.91 Å². The summed E-state index contributed by atoms with van der Waals surface area (Å²) in [5.74, 6) is -1.82. The highest BCUT2D eigenvalue weighted by Gasteiger charge is 2.21. The molecule has 2 N–H and O–H groups in total. The third kappa shape index (κ3) is 5.02. The largest absolute Gasteiger partial charge is 0.350 e. The maximum Gasteiger partial charge on any atom is 0.315 e. The molecule has 0 bridgehead atoms. The fraction of sp³-hybridized carbons (Fsp3) is 0.176. The van der Waals surface area contributed by atoms with Crippen molar-refractivity contribution in [3.05, 3.63) is 64.4 Å². The SMILES string of the molecule is O=C(NCCNC(=O)c1cccs1)c1nc(CS(=O)(=O)c2ccccc2)no1. The minimum Gasteiger partial charge on any atom is -0.350 e. The molecule has 28 heavy (non-hydrogen) atoms. The predicted octanol–water partition coefficient (Wildman–Crippen LogP) is 1.26. The number of aromatic nitrogens is 2. The highest BCUT2D eigenvalue weighted by atomic mass is 32.2. The smallest absolute Gasteiger partial charge is 0.315 e. The normalized spacial score (nSPS) is 11.1. The van der Waals surface area contributed by atoms with E-state index in [0.29, 0.717) is 4.88 Å². The molecule has 1 aromatic carbocycles. The van der Waals surface area contributed by atoms with Gasteiger partial charge in [-0.05, 0) is 23.6 Å². The average molecular weight is 420 g/mol. The van der Waals surface area contributed by atoms with Crippen molar-refractivity contribution < 1.29 is 22.5 Å². The van der Waals surface area contributed by atoms with Crippen molar-refractivity contribution in [2.45, 2.75) is 10.6 Å². The zero-order valence-electron chi connectivity index (χ0n) is 14.5. The van der Waals surface area contributed by atoms with E-state index in [9.17, 15) is 18.0 Å². The van der Waals surface area contributed by atoms with E-state index in [1.54, 1.807) is 35.7 Å². The lowest BCUT2D eigenvalue weighted by Crippen LogP contribution is -2.34. The number of rotatable bonds is 8. The lowest BCUT2D eigenvalue weighted by molar-refractivity contribution is 0.0899. The van der Waals surface area contributed by atoms with Crippen molar-refractivity contribution in [3.8, 4) is 0 Å².